The first-order valence-corrected chi connectivity index (χ1v) is 9.03. The van der Waals surface area contributed by atoms with E-state index < -0.39 is 0 Å². The van der Waals surface area contributed by atoms with Crippen molar-refractivity contribution in [3.8, 4) is 5.75 Å². The topological polar surface area (TPSA) is 24.5 Å². The van der Waals surface area contributed by atoms with Gasteiger partial charge >= 0.3 is 0 Å². The van der Waals surface area contributed by atoms with Gasteiger partial charge in [-0.15, -0.1) is 0 Å². The molecule has 0 atom stereocenters. The summed E-state index contributed by atoms with van der Waals surface area (Å²) in [7, 11) is 1.79. The van der Waals surface area contributed by atoms with E-state index in [0.717, 1.165) is 12.3 Å². The number of nitrogens with zero attached hydrogens (tertiary/aromatic N) is 1. The highest BCUT2D eigenvalue weighted by atomic mass is 16.5. The molecule has 1 aliphatic carbocycles. The van der Waals surface area contributed by atoms with Crippen molar-refractivity contribution in [1.29, 1.82) is 0 Å². The first-order valence-electron chi connectivity index (χ1n) is 9.03. The van der Waals surface area contributed by atoms with Crippen LogP contribution in [0.1, 0.15) is 49.7 Å². The SMILES string of the molecule is COc1ccc(NCCCN2CCCCC2)c2c1CCCC2. The molecule has 2 aliphatic rings. The summed E-state index contributed by atoms with van der Waals surface area (Å²) in [5, 5.41) is 3.68. The van der Waals surface area contributed by atoms with E-state index in [0.29, 0.717) is 0 Å². The number of rotatable bonds is 6. The van der Waals surface area contributed by atoms with Gasteiger partial charge in [0.1, 0.15) is 5.75 Å². The van der Waals surface area contributed by atoms with Crippen LogP contribution in [-0.4, -0.2) is 38.2 Å². The molecule has 3 nitrogen and oxygen atoms in total. The minimum atomic E-state index is 1.08. The first-order chi connectivity index (χ1) is 10.9. The maximum absolute atomic E-state index is 5.54. The van der Waals surface area contributed by atoms with Crippen LogP contribution >= 0.6 is 0 Å². The average molecular weight is 302 g/mol. The smallest absolute Gasteiger partial charge is 0.122 e. The lowest BCUT2D eigenvalue weighted by Crippen LogP contribution is -2.31. The molecule has 0 amide bonds. The molecule has 1 N–H and O–H groups in total. The zero-order valence-corrected chi connectivity index (χ0v) is 14.0. The maximum Gasteiger partial charge on any atom is 0.122 e. The predicted octanol–water partition coefficient (Wildman–Crippen LogP) is 3.86. The Morgan fingerprint density at radius 3 is 2.55 bits per heavy atom. The fraction of sp³-hybridized carbons (Fsp3) is 0.684. The Balaban J connectivity index is 1.53. The molecule has 0 saturated carbocycles. The van der Waals surface area contributed by atoms with Crippen molar-refractivity contribution in [2.75, 3.05) is 38.6 Å². The number of hydrogen-bond donors (Lipinski definition) is 1. The predicted molar refractivity (Wildman–Crippen MR) is 93.0 cm³/mol. The number of ether oxygens (including phenoxy) is 1. The molecule has 0 radical (unpaired) electrons. The van der Waals surface area contributed by atoms with Crippen molar-refractivity contribution in [3.05, 3.63) is 23.3 Å². The largest absolute Gasteiger partial charge is 0.496 e. The summed E-state index contributed by atoms with van der Waals surface area (Å²) in [4.78, 5) is 2.62. The van der Waals surface area contributed by atoms with Gasteiger partial charge in [-0.05, 0) is 87.8 Å². The molecule has 1 aliphatic heterocycles. The molecule has 0 bridgehead atoms. The zero-order valence-electron chi connectivity index (χ0n) is 14.0. The van der Waals surface area contributed by atoms with Gasteiger partial charge in [0.2, 0.25) is 0 Å². The molecule has 0 aromatic heterocycles. The Kier molecular flexibility index (Phi) is 5.60. The number of likely N-dealkylation sites (tertiary alicyclic amines) is 1. The molecule has 122 valence electrons. The first kappa shape index (κ1) is 15.7. The van der Waals surface area contributed by atoms with Gasteiger partial charge in [0, 0.05) is 12.2 Å². The van der Waals surface area contributed by atoms with Crippen LogP contribution in [-0.2, 0) is 12.8 Å². The fourth-order valence-electron chi connectivity index (χ4n) is 3.90. The van der Waals surface area contributed by atoms with Crippen molar-refractivity contribution < 1.29 is 4.74 Å². The Hall–Kier alpha value is -1.22. The van der Waals surface area contributed by atoms with Crippen LogP contribution in [0.3, 0.4) is 0 Å². The third-order valence-corrected chi connectivity index (χ3v) is 5.13. The van der Waals surface area contributed by atoms with Crippen LogP contribution in [0.2, 0.25) is 0 Å². The molecule has 3 rings (SSSR count). The Morgan fingerprint density at radius 1 is 1.00 bits per heavy atom. The second-order valence-electron chi connectivity index (χ2n) is 6.66. The van der Waals surface area contributed by atoms with E-state index in [4.69, 9.17) is 4.74 Å². The molecule has 1 aromatic rings. The molecular formula is C19H30N2O. The Morgan fingerprint density at radius 2 is 1.77 bits per heavy atom. The molecule has 0 spiro atoms. The molecule has 1 heterocycles. The van der Waals surface area contributed by atoms with Crippen LogP contribution in [0.5, 0.6) is 5.75 Å². The summed E-state index contributed by atoms with van der Waals surface area (Å²) in [6.07, 6.45) is 10.4. The summed E-state index contributed by atoms with van der Waals surface area (Å²) >= 11 is 0. The number of methoxy groups -OCH3 is 1. The van der Waals surface area contributed by atoms with Gasteiger partial charge in [-0.25, -0.2) is 0 Å². The highest BCUT2D eigenvalue weighted by molar-refractivity contribution is 5.60. The Bertz CT molecular complexity index is 481. The lowest BCUT2D eigenvalue weighted by atomic mass is 9.89. The standard InChI is InChI=1S/C19H30N2O/c1-22-19-11-10-18(16-8-3-4-9-17(16)19)20-12-7-15-21-13-5-2-6-14-21/h10-11,20H,2-9,12-15H2,1H3. The highest BCUT2D eigenvalue weighted by Crippen LogP contribution is 2.34. The van der Waals surface area contributed by atoms with Gasteiger partial charge in [-0.1, -0.05) is 6.42 Å². The quantitative estimate of drug-likeness (QED) is 0.808. The van der Waals surface area contributed by atoms with Crippen LogP contribution in [0.4, 0.5) is 5.69 Å². The van der Waals surface area contributed by atoms with Gasteiger partial charge in [0.25, 0.3) is 0 Å². The summed E-state index contributed by atoms with van der Waals surface area (Å²) in [5.41, 5.74) is 4.28. The van der Waals surface area contributed by atoms with Gasteiger partial charge in [0.05, 0.1) is 7.11 Å². The lowest BCUT2D eigenvalue weighted by Gasteiger charge is -2.26. The minimum absolute atomic E-state index is 1.08. The third-order valence-electron chi connectivity index (χ3n) is 5.13. The van der Waals surface area contributed by atoms with Crippen molar-refractivity contribution in [2.45, 2.75) is 51.4 Å². The molecule has 3 heteroatoms. The van der Waals surface area contributed by atoms with E-state index in [2.05, 4.69) is 22.3 Å². The van der Waals surface area contributed by atoms with Crippen molar-refractivity contribution in [2.24, 2.45) is 0 Å². The number of nitrogens with one attached hydrogen (secondary N) is 1. The van der Waals surface area contributed by atoms with Crippen molar-refractivity contribution in [1.82, 2.24) is 4.90 Å². The summed E-state index contributed by atoms with van der Waals surface area (Å²) in [6.45, 7) is 4.93. The minimum Gasteiger partial charge on any atom is -0.496 e. The second kappa shape index (κ2) is 7.87. The van der Waals surface area contributed by atoms with Crippen LogP contribution < -0.4 is 10.1 Å². The van der Waals surface area contributed by atoms with E-state index in [1.54, 1.807) is 7.11 Å². The zero-order chi connectivity index (χ0) is 15.2. The normalized spacial score (nSPS) is 18.8. The molecule has 1 aromatic carbocycles. The van der Waals surface area contributed by atoms with Gasteiger partial charge in [-0.3, -0.25) is 0 Å². The van der Waals surface area contributed by atoms with Crippen LogP contribution in [0, 0.1) is 0 Å². The average Bonchev–Trinajstić information content (AvgIpc) is 2.59. The van der Waals surface area contributed by atoms with Crippen LogP contribution in [0.15, 0.2) is 12.1 Å². The maximum atomic E-state index is 5.54. The third kappa shape index (κ3) is 3.75. The second-order valence-corrected chi connectivity index (χ2v) is 6.66. The van der Waals surface area contributed by atoms with Gasteiger partial charge in [-0.2, -0.15) is 0 Å². The molecule has 22 heavy (non-hydrogen) atoms. The molecule has 1 fully saturated rings. The lowest BCUT2D eigenvalue weighted by molar-refractivity contribution is 0.228. The molecular weight excluding hydrogens is 272 g/mol. The van der Waals surface area contributed by atoms with E-state index in [-0.39, 0.29) is 0 Å². The Labute approximate surface area is 135 Å². The fourth-order valence-corrected chi connectivity index (χ4v) is 3.90. The van der Waals surface area contributed by atoms with E-state index >= 15 is 0 Å². The summed E-state index contributed by atoms with van der Waals surface area (Å²) in [6, 6.07) is 4.35. The highest BCUT2D eigenvalue weighted by Gasteiger charge is 2.17. The number of anilines is 1. The number of fused-ring (bicyclic) bond motifs is 1. The van der Waals surface area contributed by atoms with E-state index in [1.807, 2.05) is 0 Å². The van der Waals surface area contributed by atoms with Crippen LogP contribution in [0.25, 0.3) is 0 Å². The number of hydrogen-bond acceptors (Lipinski definition) is 3. The summed E-state index contributed by atoms with van der Waals surface area (Å²) in [5.74, 6) is 1.08. The number of benzene rings is 1. The number of piperidine rings is 1. The monoisotopic (exact) mass is 302 g/mol. The molecule has 1 saturated heterocycles. The van der Waals surface area contributed by atoms with E-state index in [1.165, 1.54) is 87.8 Å². The summed E-state index contributed by atoms with van der Waals surface area (Å²) < 4.78 is 5.54. The van der Waals surface area contributed by atoms with Gasteiger partial charge in [0.15, 0.2) is 0 Å². The van der Waals surface area contributed by atoms with Gasteiger partial charge < -0.3 is 15.0 Å². The molecule has 0 unspecified atom stereocenters. The van der Waals surface area contributed by atoms with E-state index in [9.17, 15) is 0 Å². The van der Waals surface area contributed by atoms with Crippen molar-refractivity contribution >= 4 is 5.69 Å². The van der Waals surface area contributed by atoms with Crippen molar-refractivity contribution in [3.63, 3.8) is 0 Å².